The van der Waals surface area contributed by atoms with Crippen LogP contribution in [0.4, 0.5) is 0 Å². The monoisotopic (exact) mass is 262 g/mol. The third-order valence-corrected chi connectivity index (χ3v) is 4.91. The van der Waals surface area contributed by atoms with Crippen LogP contribution in [0.25, 0.3) is 0 Å². The van der Waals surface area contributed by atoms with Gasteiger partial charge in [-0.2, -0.15) is 0 Å². The predicted octanol–water partition coefficient (Wildman–Crippen LogP) is 0.574. The third-order valence-electron chi connectivity index (χ3n) is 3.06. The van der Waals surface area contributed by atoms with Gasteiger partial charge in [-0.15, -0.1) is 0 Å². The summed E-state index contributed by atoms with van der Waals surface area (Å²) in [7, 11) is -3.15. The second-order valence-corrected chi connectivity index (χ2v) is 6.65. The van der Waals surface area contributed by atoms with Gasteiger partial charge in [-0.25, -0.2) is 12.7 Å². The maximum Gasteiger partial charge on any atom is 0.224 e. The van der Waals surface area contributed by atoms with Crippen molar-refractivity contribution in [3.05, 3.63) is 0 Å². The van der Waals surface area contributed by atoms with Crippen LogP contribution in [-0.4, -0.2) is 44.0 Å². The topological polar surface area (TPSA) is 66.5 Å². The number of hydrogen-bond acceptors (Lipinski definition) is 3. The molecular formula is C11H22N2O3S. The van der Waals surface area contributed by atoms with Crippen LogP contribution in [0.5, 0.6) is 0 Å². The van der Waals surface area contributed by atoms with Crippen LogP contribution in [0.2, 0.25) is 0 Å². The number of piperidine rings is 1. The normalized spacial score (nSPS) is 22.4. The van der Waals surface area contributed by atoms with Gasteiger partial charge in [0.05, 0.1) is 11.7 Å². The SMILES string of the molecule is CCCNC(=O)[C@@H]1CCCN(S(=O)(=O)CC)C1. The molecule has 0 aromatic carbocycles. The highest BCUT2D eigenvalue weighted by Crippen LogP contribution is 2.19. The van der Waals surface area contributed by atoms with Crippen LogP contribution in [0.1, 0.15) is 33.1 Å². The second kappa shape index (κ2) is 6.35. The number of amides is 1. The highest BCUT2D eigenvalue weighted by molar-refractivity contribution is 7.89. The minimum Gasteiger partial charge on any atom is -0.356 e. The van der Waals surface area contributed by atoms with Crippen molar-refractivity contribution < 1.29 is 13.2 Å². The van der Waals surface area contributed by atoms with Crippen molar-refractivity contribution in [2.45, 2.75) is 33.1 Å². The Labute approximate surface area is 104 Å². The van der Waals surface area contributed by atoms with E-state index in [0.29, 0.717) is 19.6 Å². The molecule has 0 saturated carbocycles. The van der Waals surface area contributed by atoms with Gasteiger partial charge in [0.15, 0.2) is 0 Å². The largest absolute Gasteiger partial charge is 0.356 e. The standard InChI is InChI=1S/C11H22N2O3S/c1-3-7-12-11(14)10-6-5-8-13(9-10)17(15,16)4-2/h10H,3-9H2,1-2H3,(H,12,14)/t10-/m1/s1. The van der Waals surface area contributed by atoms with Crippen molar-refractivity contribution in [2.24, 2.45) is 5.92 Å². The smallest absolute Gasteiger partial charge is 0.224 e. The summed E-state index contributed by atoms with van der Waals surface area (Å²) < 4.78 is 24.9. The van der Waals surface area contributed by atoms with Crippen molar-refractivity contribution in [3.8, 4) is 0 Å². The van der Waals surface area contributed by atoms with E-state index in [0.717, 1.165) is 19.3 Å². The van der Waals surface area contributed by atoms with Gasteiger partial charge >= 0.3 is 0 Å². The predicted molar refractivity (Wildman–Crippen MR) is 67.1 cm³/mol. The van der Waals surface area contributed by atoms with Gasteiger partial charge in [0.1, 0.15) is 0 Å². The zero-order chi connectivity index (χ0) is 12.9. The van der Waals surface area contributed by atoms with Crippen LogP contribution in [0, 0.1) is 5.92 Å². The van der Waals surface area contributed by atoms with Gasteiger partial charge in [0, 0.05) is 19.6 Å². The zero-order valence-electron chi connectivity index (χ0n) is 10.6. The number of carbonyl (C=O) groups is 1. The quantitative estimate of drug-likeness (QED) is 0.788. The summed E-state index contributed by atoms with van der Waals surface area (Å²) in [5.74, 6) is -0.0875. The molecule has 1 aliphatic rings. The Morgan fingerprint density at radius 3 is 2.71 bits per heavy atom. The second-order valence-electron chi connectivity index (χ2n) is 4.39. The minimum absolute atomic E-state index is 0.0112. The average molecular weight is 262 g/mol. The fourth-order valence-electron chi connectivity index (χ4n) is 1.98. The van der Waals surface area contributed by atoms with E-state index < -0.39 is 10.0 Å². The van der Waals surface area contributed by atoms with Crippen molar-refractivity contribution in [1.82, 2.24) is 9.62 Å². The molecule has 0 spiro atoms. The lowest BCUT2D eigenvalue weighted by Gasteiger charge is -2.30. The van der Waals surface area contributed by atoms with Crippen molar-refractivity contribution in [1.29, 1.82) is 0 Å². The number of carbonyl (C=O) groups excluding carboxylic acids is 1. The molecule has 17 heavy (non-hydrogen) atoms. The first kappa shape index (κ1) is 14.4. The van der Waals surface area contributed by atoms with E-state index in [4.69, 9.17) is 0 Å². The Kier molecular flexibility index (Phi) is 5.39. The van der Waals surface area contributed by atoms with Gasteiger partial charge in [-0.3, -0.25) is 4.79 Å². The van der Waals surface area contributed by atoms with Crippen molar-refractivity contribution in [3.63, 3.8) is 0 Å². The van der Waals surface area contributed by atoms with Gasteiger partial charge in [-0.1, -0.05) is 6.92 Å². The van der Waals surface area contributed by atoms with Crippen molar-refractivity contribution in [2.75, 3.05) is 25.4 Å². The molecule has 1 N–H and O–H groups in total. The summed E-state index contributed by atoms with van der Waals surface area (Å²) in [5, 5.41) is 2.83. The van der Waals surface area contributed by atoms with Gasteiger partial charge in [0.25, 0.3) is 0 Å². The molecular weight excluding hydrogens is 240 g/mol. The summed E-state index contributed by atoms with van der Waals surface area (Å²) in [5.41, 5.74) is 0. The molecule has 1 heterocycles. The minimum atomic E-state index is -3.15. The summed E-state index contributed by atoms with van der Waals surface area (Å²) in [6.07, 6.45) is 2.45. The molecule has 0 bridgehead atoms. The zero-order valence-corrected chi connectivity index (χ0v) is 11.4. The molecule has 1 saturated heterocycles. The number of nitrogens with zero attached hydrogens (tertiary/aromatic N) is 1. The molecule has 1 amide bonds. The summed E-state index contributed by atoms with van der Waals surface area (Å²) in [6, 6.07) is 0. The molecule has 1 aliphatic heterocycles. The van der Waals surface area contributed by atoms with E-state index in [-0.39, 0.29) is 17.6 Å². The molecule has 6 heteroatoms. The lowest BCUT2D eigenvalue weighted by atomic mass is 9.99. The van der Waals surface area contributed by atoms with Crippen LogP contribution in [0.3, 0.4) is 0 Å². The first-order valence-corrected chi connectivity index (χ1v) is 7.87. The highest BCUT2D eigenvalue weighted by atomic mass is 32.2. The third kappa shape index (κ3) is 3.96. The Balaban J connectivity index is 2.58. The molecule has 0 aliphatic carbocycles. The van der Waals surface area contributed by atoms with E-state index >= 15 is 0 Å². The lowest BCUT2D eigenvalue weighted by molar-refractivity contribution is -0.126. The van der Waals surface area contributed by atoms with Gasteiger partial charge in [-0.05, 0) is 26.2 Å². The van der Waals surface area contributed by atoms with E-state index in [1.807, 2.05) is 6.92 Å². The highest BCUT2D eigenvalue weighted by Gasteiger charge is 2.30. The molecule has 0 aromatic heterocycles. The molecule has 1 rings (SSSR count). The van der Waals surface area contributed by atoms with Gasteiger partial charge < -0.3 is 5.32 Å². The first-order valence-electron chi connectivity index (χ1n) is 6.26. The van der Waals surface area contributed by atoms with Crippen LogP contribution in [-0.2, 0) is 14.8 Å². The molecule has 1 atom stereocenters. The van der Waals surface area contributed by atoms with Crippen LogP contribution < -0.4 is 5.32 Å². The summed E-state index contributed by atoms with van der Waals surface area (Å²) in [6.45, 7) is 5.18. The fraction of sp³-hybridized carbons (Fsp3) is 0.909. The molecule has 0 unspecified atom stereocenters. The van der Waals surface area contributed by atoms with E-state index in [1.165, 1.54) is 4.31 Å². The maximum atomic E-state index is 11.8. The molecule has 0 aromatic rings. The number of hydrogen-bond donors (Lipinski definition) is 1. The fourth-order valence-corrected chi connectivity index (χ4v) is 3.16. The Hall–Kier alpha value is -0.620. The van der Waals surface area contributed by atoms with E-state index in [1.54, 1.807) is 6.92 Å². The Bertz CT molecular complexity index is 354. The number of rotatable bonds is 5. The van der Waals surface area contributed by atoms with Gasteiger partial charge in [0.2, 0.25) is 15.9 Å². The molecule has 100 valence electrons. The van der Waals surface area contributed by atoms with Crippen LogP contribution >= 0.6 is 0 Å². The van der Waals surface area contributed by atoms with E-state index in [9.17, 15) is 13.2 Å². The molecule has 0 radical (unpaired) electrons. The summed E-state index contributed by atoms with van der Waals surface area (Å²) >= 11 is 0. The van der Waals surface area contributed by atoms with Crippen molar-refractivity contribution >= 4 is 15.9 Å². The number of nitrogens with one attached hydrogen (secondary N) is 1. The molecule has 5 nitrogen and oxygen atoms in total. The lowest BCUT2D eigenvalue weighted by Crippen LogP contribution is -2.45. The average Bonchev–Trinajstić information content (AvgIpc) is 2.36. The Morgan fingerprint density at radius 2 is 2.12 bits per heavy atom. The Morgan fingerprint density at radius 1 is 1.41 bits per heavy atom. The van der Waals surface area contributed by atoms with E-state index in [2.05, 4.69) is 5.32 Å². The first-order chi connectivity index (χ1) is 8.01. The summed E-state index contributed by atoms with van der Waals surface area (Å²) in [4.78, 5) is 11.8. The maximum absolute atomic E-state index is 11.8. The van der Waals surface area contributed by atoms with Crippen LogP contribution in [0.15, 0.2) is 0 Å². The number of sulfonamides is 1. The molecule has 1 fully saturated rings.